The molecule has 6 atom stereocenters. The minimum absolute atomic E-state index is 0.0166. The number of methoxy groups -OCH3 is 1. The summed E-state index contributed by atoms with van der Waals surface area (Å²) in [6, 6.07) is 0. The molecule has 0 aromatic carbocycles. The van der Waals surface area contributed by atoms with Gasteiger partial charge in [0.2, 0.25) is 17.8 Å². The molecule has 0 unspecified atom stereocenters. The molecule has 22 nitrogen and oxygen atoms in total. The summed E-state index contributed by atoms with van der Waals surface area (Å²) >= 11 is 0. The van der Waals surface area contributed by atoms with Crippen LogP contribution in [0.25, 0.3) is 22.3 Å². The molecule has 22 heteroatoms. The second-order valence-electron chi connectivity index (χ2n) is 10.9. The molecule has 2 saturated heterocycles. The summed E-state index contributed by atoms with van der Waals surface area (Å²) in [6.07, 6.45) is 3.61. The molecular formula is C28H31N11O11. The first-order valence-corrected chi connectivity index (χ1v) is 14.6. The van der Waals surface area contributed by atoms with Crippen LogP contribution in [0.4, 0.5) is 11.9 Å². The number of esters is 1. The van der Waals surface area contributed by atoms with E-state index < -0.39 is 71.2 Å². The Morgan fingerprint density at radius 1 is 0.880 bits per heavy atom. The first kappa shape index (κ1) is 35.1. The topological polar surface area (TPSA) is 312 Å². The van der Waals surface area contributed by atoms with Gasteiger partial charge in [0.25, 0.3) is 11.1 Å². The minimum Gasteiger partial charge on any atom is -0.467 e. The molecular weight excluding hydrogens is 666 g/mol. The summed E-state index contributed by atoms with van der Waals surface area (Å²) in [7, 11) is 2.61. The SMILES string of the molecule is C#CCn1c(=O)n([C@@H]2O[C@H](C(=O)NC)C[C@H]2O)c2nc(N)[nH]c(=O)c21.C#CCn1c(=O)n([C@@H]2O[C@H](C(=O)OC)C[C@H]2O)c2nc(N)[nH]c(=O)c21. The average molecular weight is 698 g/mol. The number of hydrogen-bond acceptors (Lipinski definition) is 15. The van der Waals surface area contributed by atoms with Crippen LogP contribution in [0, 0.1) is 24.7 Å². The number of carbonyl (C=O) groups excluding carboxylic acids is 2. The van der Waals surface area contributed by atoms with Gasteiger partial charge in [-0.1, -0.05) is 11.8 Å². The van der Waals surface area contributed by atoms with E-state index in [0.717, 1.165) is 18.3 Å². The Morgan fingerprint density at radius 2 is 1.30 bits per heavy atom. The Labute approximate surface area is 278 Å². The van der Waals surface area contributed by atoms with E-state index in [1.165, 1.54) is 14.2 Å². The zero-order valence-electron chi connectivity index (χ0n) is 26.4. The van der Waals surface area contributed by atoms with Gasteiger partial charge in [-0.15, -0.1) is 12.8 Å². The van der Waals surface area contributed by atoms with Gasteiger partial charge in [0.1, 0.15) is 18.3 Å². The van der Waals surface area contributed by atoms with Gasteiger partial charge in [-0.2, -0.15) is 9.97 Å². The van der Waals surface area contributed by atoms with E-state index >= 15 is 0 Å². The monoisotopic (exact) mass is 697 g/mol. The number of anilines is 2. The third-order valence-corrected chi connectivity index (χ3v) is 7.85. The molecule has 4 aromatic heterocycles. The second kappa shape index (κ2) is 13.7. The first-order valence-electron chi connectivity index (χ1n) is 14.6. The average Bonchev–Trinajstić information content (AvgIpc) is 3.78. The highest BCUT2D eigenvalue weighted by atomic mass is 16.6. The fourth-order valence-corrected chi connectivity index (χ4v) is 5.71. The number of imidazole rings is 2. The van der Waals surface area contributed by atoms with Crippen molar-refractivity contribution in [3.63, 3.8) is 0 Å². The van der Waals surface area contributed by atoms with Crippen LogP contribution in [0.15, 0.2) is 19.2 Å². The van der Waals surface area contributed by atoms with Gasteiger partial charge in [-0.3, -0.25) is 33.5 Å². The van der Waals surface area contributed by atoms with Crippen molar-refractivity contribution in [2.75, 3.05) is 25.6 Å². The minimum atomic E-state index is -1.24. The number of nitrogen functional groups attached to an aromatic ring is 2. The molecule has 9 N–H and O–H groups in total. The van der Waals surface area contributed by atoms with Crippen molar-refractivity contribution in [1.82, 2.24) is 43.5 Å². The number of hydrogen-bond donors (Lipinski definition) is 7. The molecule has 50 heavy (non-hydrogen) atoms. The third kappa shape index (κ3) is 5.99. The van der Waals surface area contributed by atoms with Crippen molar-refractivity contribution in [2.24, 2.45) is 0 Å². The summed E-state index contributed by atoms with van der Waals surface area (Å²) in [5, 5.41) is 22.9. The van der Waals surface area contributed by atoms with Crippen LogP contribution in [0.1, 0.15) is 25.3 Å². The molecule has 4 aromatic rings. The number of aliphatic hydroxyl groups excluding tert-OH is 2. The molecule has 2 aliphatic rings. The number of carbonyl (C=O) groups is 2. The number of aromatic nitrogens is 8. The lowest BCUT2D eigenvalue weighted by molar-refractivity contribution is -0.155. The largest absolute Gasteiger partial charge is 0.467 e. The lowest BCUT2D eigenvalue weighted by atomic mass is 10.2. The van der Waals surface area contributed by atoms with Crippen molar-refractivity contribution in [3.8, 4) is 24.7 Å². The number of amides is 1. The fourth-order valence-electron chi connectivity index (χ4n) is 5.71. The van der Waals surface area contributed by atoms with E-state index in [0.29, 0.717) is 0 Å². The zero-order chi connectivity index (χ0) is 36.6. The molecule has 2 aliphatic heterocycles. The van der Waals surface area contributed by atoms with Crippen LogP contribution in [-0.2, 0) is 36.9 Å². The number of nitrogens with zero attached hydrogens (tertiary/aromatic N) is 6. The van der Waals surface area contributed by atoms with Gasteiger partial charge in [0.05, 0.1) is 20.2 Å². The quantitative estimate of drug-likeness (QED) is 0.0737. The van der Waals surface area contributed by atoms with Crippen LogP contribution in [0.3, 0.4) is 0 Å². The normalized spacial score (nSPS) is 22.8. The van der Waals surface area contributed by atoms with Gasteiger partial charge in [0, 0.05) is 19.9 Å². The molecule has 2 fully saturated rings. The van der Waals surface area contributed by atoms with Gasteiger partial charge in [-0.05, 0) is 0 Å². The van der Waals surface area contributed by atoms with Crippen molar-refractivity contribution in [3.05, 3.63) is 41.7 Å². The number of terminal acetylenes is 2. The van der Waals surface area contributed by atoms with Crippen molar-refractivity contribution in [1.29, 1.82) is 0 Å². The number of H-pyrrole nitrogens is 2. The Hall–Kier alpha value is -6.20. The van der Waals surface area contributed by atoms with E-state index in [-0.39, 0.29) is 60.2 Å². The predicted molar refractivity (Wildman–Crippen MR) is 171 cm³/mol. The van der Waals surface area contributed by atoms with Crippen molar-refractivity contribution < 1.29 is 34.0 Å². The second-order valence-corrected chi connectivity index (χ2v) is 10.9. The number of ether oxygens (including phenoxy) is 3. The summed E-state index contributed by atoms with van der Waals surface area (Å²) in [6.45, 7) is -0.376. The van der Waals surface area contributed by atoms with Gasteiger partial charge in [-0.25, -0.2) is 23.5 Å². The number of rotatable bonds is 6. The van der Waals surface area contributed by atoms with Gasteiger partial charge >= 0.3 is 17.3 Å². The molecule has 0 bridgehead atoms. The van der Waals surface area contributed by atoms with Gasteiger partial charge < -0.3 is 41.2 Å². The Kier molecular flexibility index (Phi) is 9.64. The number of nitrogens with one attached hydrogen (secondary N) is 3. The summed E-state index contributed by atoms with van der Waals surface area (Å²) < 4.78 is 19.6. The molecule has 6 rings (SSSR count). The van der Waals surface area contributed by atoms with Crippen LogP contribution in [0.2, 0.25) is 0 Å². The van der Waals surface area contributed by atoms with E-state index in [2.05, 4.69) is 41.8 Å². The van der Waals surface area contributed by atoms with Crippen LogP contribution in [-0.4, -0.2) is 98.9 Å². The highest BCUT2D eigenvalue weighted by molar-refractivity contribution is 5.81. The van der Waals surface area contributed by atoms with Crippen molar-refractivity contribution >= 4 is 46.1 Å². The highest BCUT2D eigenvalue weighted by Gasteiger charge is 2.43. The first-order chi connectivity index (χ1) is 23.8. The number of aromatic amines is 2. The maximum atomic E-state index is 12.7. The lowest BCUT2D eigenvalue weighted by Crippen LogP contribution is -2.33. The van der Waals surface area contributed by atoms with Crippen LogP contribution >= 0.6 is 0 Å². The molecule has 264 valence electrons. The predicted octanol–water partition coefficient (Wildman–Crippen LogP) is -4.58. The lowest BCUT2D eigenvalue weighted by Gasteiger charge is -2.15. The van der Waals surface area contributed by atoms with Crippen LogP contribution in [0.5, 0.6) is 0 Å². The number of likely N-dealkylation sites (N-methyl/N-ethyl adjacent to an activating group) is 1. The maximum absolute atomic E-state index is 12.7. The number of fused-ring (bicyclic) bond motifs is 2. The zero-order valence-corrected chi connectivity index (χ0v) is 26.4. The summed E-state index contributed by atoms with van der Waals surface area (Å²) in [4.78, 5) is 85.7. The molecule has 0 saturated carbocycles. The van der Waals surface area contributed by atoms with E-state index in [1.54, 1.807) is 0 Å². The highest BCUT2D eigenvalue weighted by Crippen LogP contribution is 2.31. The van der Waals surface area contributed by atoms with E-state index in [4.69, 9.17) is 33.8 Å². The summed E-state index contributed by atoms with van der Waals surface area (Å²) in [5.74, 6) is 3.00. The Bertz CT molecular complexity index is 2150. The molecule has 0 aliphatic carbocycles. The maximum Gasteiger partial charge on any atom is 0.335 e. The van der Waals surface area contributed by atoms with Crippen LogP contribution < -0.4 is 39.3 Å². The smallest absolute Gasteiger partial charge is 0.335 e. The molecule has 6 heterocycles. The standard InChI is InChI=1S/C14H16N6O5.C14H15N5O6/c1-3-4-19-8-9(17-13(15)18-11(8)23)20(14(19)24)12-6(21)5-7(25-12)10(22)16-2;1-3-4-18-8-9(16-13(15)17-10(8)21)19(14(18)23)11-6(20)5-7(25-11)12(22)24-2/h1,6-7,12,21H,4-5H2,2H3,(H,16,22)(H3,15,17,18,23);1,6-7,11,20H,4-5H2,2H3,(H3,15,16,17,21)/t6-,7+,12-;6-,7+,11-/m11/s1. The molecule has 0 radical (unpaired) electrons. The Morgan fingerprint density at radius 3 is 1.70 bits per heavy atom. The van der Waals surface area contributed by atoms with E-state index in [1.807, 2.05) is 0 Å². The summed E-state index contributed by atoms with van der Waals surface area (Å²) in [5.41, 5.74) is 8.01. The molecule has 1 amide bonds. The van der Waals surface area contributed by atoms with Gasteiger partial charge in [0.15, 0.2) is 40.9 Å². The Balaban J connectivity index is 0.000000194. The third-order valence-electron chi connectivity index (χ3n) is 7.85. The molecule has 0 spiro atoms. The number of aliphatic hydroxyl groups is 2. The van der Waals surface area contributed by atoms with E-state index in [9.17, 15) is 39.0 Å². The fraction of sp³-hybridized carbons (Fsp3) is 0.429. The van der Waals surface area contributed by atoms with Crippen molar-refractivity contribution in [2.45, 2.75) is 62.8 Å². The number of nitrogens with two attached hydrogens (primary N) is 2.